The van der Waals surface area contributed by atoms with Gasteiger partial charge in [0.25, 0.3) is 5.91 Å². The summed E-state index contributed by atoms with van der Waals surface area (Å²) in [6.07, 6.45) is 5.11. The molecular formula is C23H28FN5OS. The van der Waals surface area contributed by atoms with E-state index in [0.717, 1.165) is 18.8 Å². The van der Waals surface area contributed by atoms with Gasteiger partial charge in [0.2, 0.25) is 0 Å². The summed E-state index contributed by atoms with van der Waals surface area (Å²) in [5, 5.41) is 10.2. The number of hydrogen-bond donors (Lipinski definition) is 0. The number of piperidine rings is 1. The molecule has 1 aromatic heterocycles. The minimum Gasteiger partial charge on any atom is -0.370 e. The fourth-order valence-electron chi connectivity index (χ4n) is 4.53. The second-order valence-electron chi connectivity index (χ2n) is 8.76. The van der Waals surface area contributed by atoms with Gasteiger partial charge >= 0.3 is 0 Å². The van der Waals surface area contributed by atoms with Crippen molar-refractivity contribution in [3.8, 4) is 6.07 Å². The molecule has 1 aromatic carbocycles. The van der Waals surface area contributed by atoms with E-state index in [1.165, 1.54) is 12.1 Å². The van der Waals surface area contributed by atoms with Crippen LogP contribution in [0.15, 0.2) is 24.4 Å². The summed E-state index contributed by atoms with van der Waals surface area (Å²) in [5.74, 6) is -0.406. The largest absolute Gasteiger partial charge is 0.370 e. The molecule has 0 bridgehead atoms. The Hall–Kier alpha value is -2.37. The smallest absolute Gasteiger partial charge is 0.257 e. The van der Waals surface area contributed by atoms with Crippen LogP contribution >= 0.6 is 11.9 Å². The van der Waals surface area contributed by atoms with E-state index in [4.69, 9.17) is 0 Å². The van der Waals surface area contributed by atoms with Gasteiger partial charge in [-0.3, -0.25) is 9.78 Å². The molecule has 0 aliphatic carbocycles. The number of nitrogens with zero attached hydrogens (tertiary/aromatic N) is 5. The molecule has 0 saturated carbocycles. The van der Waals surface area contributed by atoms with Crippen LogP contribution < -0.4 is 4.90 Å². The van der Waals surface area contributed by atoms with Crippen LogP contribution in [0.2, 0.25) is 0 Å². The Kier molecular flexibility index (Phi) is 6.09. The lowest BCUT2D eigenvalue weighted by Crippen LogP contribution is -2.52. The molecule has 0 radical (unpaired) electrons. The topological polar surface area (TPSA) is 63.5 Å². The van der Waals surface area contributed by atoms with Crippen molar-refractivity contribution in [3.63, 3.8) is 0 Å². The van der Waals surface area contributed by atoms with Gasteiger partial charge in [0.15, 0.2) is 0 Å². The number of piperazine rings is 1. The van der Waals surface area contributed by atoms with Crippen LogP contribution in [-0.4, -0.2) is 65.1 Å². The number of aromatic nitrogens is 1. The molecule has 31 heavy (non-hydrogen) atoms. The summed E-state index contributed by atoms with van der Waals surface area (Å²) in [6.45, 7) is 7.61. The van der Waals surface area contributed by atoms with Crippen LogP contribution in [-0.2, 0) is 0 Å². The summed E-state index contributed by atoms with van der Waals surface area (Å²) in [4.78, 5) is 22.2. The van der Waals surface area contributed by atoms with Gasteiger partial charge in [-0.05, 0) is 51.1 Å². The molecule has 1 atom stereocenters. The second-order valence-corrected chi connectivity index (χ2v) is 9.64. The molecule has 3 heterocycles. The van der Waals surface area contributed by atoms with Crippen molar-refractivity contribution in [2.24, 2.45) is 5.41 Å². The first-order valence-corrected chi connectivity index (χ1v) is 11.9. The molecule has 164 valence electrons. The van der Waals surface area contributed by atoms with Crippen molar-refractivity contribution in [2.45, 2.75) is 32.7 Å². The third-order valence-corrected chi connectivity index (χ3v) is 7.44. The van der Waals surface area contributed by atoms with Gasteiger partial charge in [-0.25, -0.2) is 8.70 Å². The average Bonchev–Trinajstić information content (AvgIpc) is 2.78. The van der Waals surface area contributed by atoms with Crippen molar-refractivity contribution >= 4 is 34.4 Å². The van der Waals surface area contributed by atoms with E-state index in [0.29, 0.717) is 48.9 Å². The maximum atomic E-state index is 14.2. The number of rotatable bonds is 3. The molecule has 8 heteroatoms. The van der Waals surface area contributed by atoms with Crippen molar-refractivity contribution in [1.29, 1.82) is 5.26 Å². The summed E-state index contributed by atoms with van der Waals surface area (Å²) in [6, 6.07) is 7.03. The average molecular weight is 442 g/mol. The zero-order valence-corrected chi connectivity index (χ0v) is 19.1. The van der Waals surface area contributed by atoms with Crippen LogP contribution in [0, 0.1) is 22.6 Å². The highest BCUT2D eigenvalue weighted by Gasteiger charge is 2.34. The molecule has 2 aliphatic rings. The molecule has 1 amide bonds. The fraction of sp³-hybridized carbons (Fsp3) is 0.522. The predicted molar refractivity (Wildman–Crippen MR) is 122 cm³/mol. The first-order valence-electron chi connectivity index (χ1n) is 10.7. The quantitative estimate of drug-likeness (QED) is 0.673. The summed E-state index contributed by atoms with van der Waals surface area (Å²) in [7, 11) is 0. The lowest BCUT2D eigenvalue weighted by atomic mass is 9.81. The number of fused-ring (bicyclic) bond motifs is 1. The van der Waals surface area contributed by atoms with Crippen LogP contribution in [0.4, 0.5) is 10.1 Å². The first kappa shape index (κ1) is 21.8. The number of anilines is 1. The molecule has 2 aliphatic heterocycles. The number of nitriles is 1. The molecule has 2 fully saturated rings. The molecule has 2 aromatic rings. The SMILES string of the molecule is CSN1CCN(C(=O)c2cnc3ccc(F)cc3c2N2CCC(C)(C#N)CC2)C(C)C1. The normalized spacial score (nSPS) is 21.8. The number of hydrogen-bond acceptors (Lipinski definition) is 6. The zero-order valence-electron chi connectivity index (χ0n) is 18.3. The molecule has 1 unspecified atom stereocenters. The maximum Gasteiger partial charge on any atom is 0.257 e. The first-order chi connectivity index (χ1) is 14.8. The number of carbonyl (C=O) groups is 1. The van der Waals surface area contributed by atoms with Crippen LogP contribution in [0.25, 0.3) is 10.9 Å². The highest BCUT2D eigenvalue weighted by molar-refractivity contribution is 7.96. The minimum atomic E-state index is -0.364. The molecule has 4 rings (SSSR count). The Labute approximate surface area is 187 Å². The summed E-state index contributed by atoms with van der Waals surface area (Å²) in [5.41, 5.74) is 1.57. The van der Waals surface area contributed by atoms with Gasteiger partial charge in [-0.2, -0.15) is 5.26 Å². The van der Waals surface area contributed by atoms with Gasteiger partial charge in [0.1, 0.15) is 5.82 Å². The predicted octanol–water partition coefficient (Wildman–Crippen LogP) is 3.93. The van der Waals surface area contributed by atoms with E-state index >= 15 is 0 Å². The second kappa shape index (κ2) is 8.64. The molecular weight excluding hydrogens is 413 g/mol. The fourth-order valence-corrected chi connectivity index (χ4v) is 5.16. The summed E-state index contributed by atoms with van der Waals surface area (Å²) < 4.78 is 16.5. The van der Waals surface area contributed by atoms with Crippen LogP contribution in [0.1, 0.15) is 37.0 Å². The Bertz CT molecular complexity index is 1030. The van der Waals surface area contributed by atoms with Crippen molar-refractivity contribution in [2.75, 3.05) is 43.9 Å². The Balaban J connectivity index is 1.74. The highest BCUT2D eigenvalue weighted by Crippen LogP contribution is 2.37. The number of amides is 1. The lowest BCUT2D eigenvalue weighted by Gasteiger charge is -2.40. The highest BCUT2D eigenvalue weighted by atomic mass is 32.2. The number of halogens is 1. The number of benzene rings is 1. The summed E-state index contributed by atoms with van der Waals surface area (Å²) >= 11 is 1.70. The van der Waals surface area contributed by atoms with Gasteiger partial charge in [0.05, 0.1) is 28.3 Å². The van der Waals surface area contributed by atoms with Crippen molar-refractivity contribution < 1.29 is 9.18 Å². The van der Waals surface area contributed by atoms with Crippen LogP contribution in [0.5, 0.6) is 0 Å². The van der Waals surface area contributed by atoms with E-state index in [9.17, 15) is 14.4 Å². The molecule has 2 saturated heterocycles. The number of pyridine rings is 1. The Morgan fingerprint density at radius 1 is 1.29 bits per heavy atom. The molecule has 6 nitrogen and oxygen atoms in total. The molecule has 0 N–H and O–H groups in total. The van der Waals surface area contributed by atoms with Crippen LogP contribution in [0.3, 0.4) is 0 Å². The van der Waals surface area contributed by atoms with E-state index < -0.39 is 0 Å². The standard InChI is InChI=1S/C23H28FN5OS/c1-16-14-28(31-3)10-11-29(16)22(30)19-13-26-20-5-4-17(24)12-18(20)21(19)27-8-6-23(2,15-25)7-9-27/h4-5,12-13,16H,6-11,14H2,1-3H3. The van der Waals surface area contributed by atoms with Crippen molar-refractivity contribution in [1.82, 2.24) is 14.2 Å². The third-order valence-electron chi connectivity index (χ3n) is 6.59. The minimum absolute atomic E-state index is 0.0597. The Morgan fingerprint density at radius 3 is 2.68 bits per heavy atom. The van der Waals surface area contributed by atoms with Gasteiger partial charge in [0, 0.05) is 50.3 Å². The van der Waals surface area contributed by atoms with Gasteiger partial charge in [-0.15, -0.1) is 0 Å². The maximum absolute atomic E-state index is 14.2. The van der Waals surface area contributed by atoms with Gasteiger partial charge < -0.3 is 9.80 Å². The monoisotopic (exact) mass is 441 g/mol. The van der Waals surface area contributed by atoms with Gasteiger partial charge in [-0.1, -0.05) is 11.9 Å². The molecule has 0 spiro atoms. The van der Waals surface area contributed by atoms with E-state index in [1.807, 2.05) is 11.8 Å². The third kappa shape index (κ3) is 4.21. The Morgan fingerprint density at radius 2 is 2.03 bits per heavy atom. The van der Waals surface area contributed by atoms with Crippen molar-refractivity contribution in [3.05, 3.63) is 35.8 Å². The zero-order chi connectivity index (χ0) is 22.2. The van der Waals surface area contributed by atoms with E-state index in [1.54, 1.807) is 24.2 Å². The number of carbonyl (C=O) groups excluding carboxylic acids is 1. The van der Waals surface area contributed by atoms with E-state index in [2.05, 4.69) is 33.4 Å². The van der Waals surface area contributed by atoms with E-state index in [-0.39, 0.29) is 23.2 Å². The lowest BCUT2D eigenvalue weighted by molar-refractivity contribution is 0.0601.